The van der Waals surface area contributed by atoms with Gasteiger partial charge < -0.3 is 9.84 Å². The van der Waals surface area contributed by atoms with Crippen LogP contribution in [-0.4, -0.2) is 43.7 Å². The Hall–Kier alpha value is -0.620. The second-order valence-electron chi connectivity index (χ2n) is 4.83. The first-order chi connectivity index (χ1) is 7.15. The highest BCUT2D eigenvalue weighted by atomic mass is 32.2. The smallest absolute Gasteiger partial charge is 0.315 e. The quantitative estimate of drug-likeness (QED) is 0.704. The number of aliphatic hydroxyl groups is 1. The van der Waals surface area contributed by atoms with Crippen LogP contribution >= 0.6 is 0 Å². The van der Waals surface area contributed by atoms with Gasteiger partial charge in [-0.05, 0) is 26.7 Å². The van der Waals surface area contributed by atoms with Gasteiger partial charge in [0.25, 0.3) is 0 Å². The molecule has 1 aliphatic rings. The summed E-state index contributed by atoms with van der Waals surface area (Å²) < 4.78 is 27.9. The van der Waals surface area contributed by atoms with E-state index in [-0.39, 0.29) is 11.5 Å². The van der Waals surface area contributed by atoms with Gasteiger partial charge in [0.05, 0.1) is 24.2 Å². The summed E-state index contributed by atoms with van der Waals surface area (Å²) in [5.41, 5.74) is -2.74. The molecule has 0 aliphatic carbocycles. The maximum absolute atomic E-state index is 11.8. The molecule has 1 heterocycles. The third-order valence-electron chi connectivity index (χ3n) is 3.27. The monoisotopic (exact) mass is 250 g/mol. The van der Waals surface area contributed by atoms with Crippen molar-refractivity contribution in [2.45, 2.75) is 32.3 Å². The number of sulfone groups is 1. The molecule has 1 saturated heterocycles. The van der Waals surface area contributed by atoms with Gasteiger partial charge in [0.1, 0.15) is 5.41 Å². The summed E-state index contributed by atoms with van der Waals surface area (Å²) in [6.07, 6.45) is 0.712. The summed E-state index contributed by atoms with van der Waals surface area (Å²) in [5, 5.41) is 10.1. The zero-order valence-corrected chi connectivity index (χ0v) is 10.6. The normalized spacial score (nSPS) is 29.8. The number of ether oxygens (including phenoxy) is 1. The van der Waals surface area contributed by atoms with Crippen molar-refractivity contribution in [1.82, 2.24) is 0 Å². The predicted molar refractivity (Wildman–Crippen MR) is 58.6 cm³/mol. The van der Waals surface area contributed by atoms with E-state index in [1.54, 1.807) is 0 Å². The van der Waals surface area contributed by atoms with E-state index in [2.05, 4.69) is 4.74 Å². The molecule has 94 valence electrons. The Morgan fingerprint density at radius 3 is 2.38 bits per heavy atom. The van der Waals surface area contributed by atoms with E-state index in [1.165, 1.54) is 21.0 Å². The van der Waals surface area contributed by atoms with Gasteiger partial charge in [0.15, 0.2) is 9.84 Å². The lowest BCUT2D eigenvalue weighted by Gasteiger charge is -2.42. The van der Waals surface area contributed by atoms with Crippen LogP contribution in [0.4, 0.5) is 0 Å². The van der Waals surface area contributed by atoms with Crippen molar-refractivity contribution in [3.63, 3.8) is 0 Å². The summed E-state index contributed by atoms with van der Waals surface area (Å²) >= 11 is 0. The fourth-order valence-corrected chi connectivity index (χ4v) is 4.30. The third-order valence-corrected chi connectivity index (χ3v) is 5.12. The van der Waals surface area contributed by atoms with Crippen molar-refractivity contribution < 1.29 is 23.1 Å². The van der Waals surface area contributed by atoms with E-state index in [1.807, 2.05) is 0 Å². The summed E-state index contributed by atoms with van der Waals surface area (Å²) in [6.45, 7) is 2.90. The van der Waals surface area contributed by atoms with Crippen LogP contribution in [0.25, 0.3) is 0 Å². The molecule has 16 heavy (non-hydrogen) atoms. The van der Waals surface area contributed by atoms with Gasteiger partial charge in [-0.1, -0.05) is 0 Å². The fourth-order valence-electron chi connectivity index (χ4n) is 2.20. The maximum Gasteiger partial charge on any atom is 0.315 e. The predicted octanol–water partition coefficient (Wildman–Crippen LogP) is 0.125. The summed E-state index contributed by atoms with van der Waals surface area (Å²) in [5.74, 6) is -0.916. The minimum atomic E-state index is -3.29. The Balaban J connectivity index is 3.21. The molecule has 1 atom stereocenters. The van der Waals surface area contributed by atoms with Crippen molar-refractivity contribution in [3.05, 3.63) is 0 Å². The molecule has 0 aromatic rings. The zero-order chi connectivity index (χ0) is 12.6. The highest BCUT2D eigenvalue weighted by molar-refractivity contribution is 7.91. The number of methoxy groups -OCH3 is 1. The fraction of sp³-hybridized carbons (Fsp3) is 0.900. The molecule has 6 heteroatoms. The first-order valence-electron chi connectivity index (χ1n) is 5.16. The van der Waals surface area contributed by atoms with E-state index >= 15 is 0 Å². The van der Waals surface area contributed by atoms with Crippen molar-refractivity contribution in [2.75, 3.05) is 18.6 Å². The van der Waals surface area contributed by atoms with Crippen molar-refractivity contribution in [3.8, 4) is 0 Å². The zero-order valence-electron chi connectivity index (χ0n) is 9.82. The maximum atomic E-state index is 11.8. The molecular weight excluding hydrogens is 232 g/mol. The van der Waals surface area contributed by atoms with Crippen molar-refractivity contribution in [1.29, 1.82) is 0 Å². The molecule has 0 saturated carbocycles. The molecule has 0 aromatic carbocycles. The topological polar surface area (TPSA) is 80.7 Å². The van der Waals surface area contributed by atoms with Gasteiger partial charge in [0, 0.05) is 0 Å². The first kappa shape index (κ1) is 13.4. The van der Waals surface area contributed by atoms with Crippen LogP contribution in [0.1, 0.15) is 26.7 Å². The molecule has 5 nitrogen and oxygen atoms in total. The molecular formula is C10H18O5S. The van der Waals surface area contributed by atoms with Crippen molar-refractivity contribution >= 4 is 15.8 Å². The molecule has 1 rings (SSSR count). The standard InChI is InChI=1S/C10H18O5S/c1-9(2,12)10(8(11)15-3)5-4-6-16(13,14)7-10/h12H,4-7H2,1-3H3. The summed E-state index contributed by atoms with van der Waals surface area (Å²) in [6, 6.07) is 0. The van der Waals surface area contributed by atoms with Crippen molar-refractivity contribution in [2.24, 2.45) is 5.41 Å². The minimum Gasteiger partial charge on any atom is -0.468 e. The molecule has 1 N–H and O–H groups in total. The lowest BCUT2D eigenvalue weighted by molar-refractivity contribution is -0.167. The molecule has 0 spiro atoms. The Kier molecular flexibility index (Phi) is 3.36. The molecule has 1 aliphatic heterocycles. The highest BCUT2D eigenvalue weighted by Crippen LogP contribution is 2.42. The number of esters is 1. The van der Waals surface area contributed by atoms with Gasteiger partial charge in [-0.25, -0.2) is 8.42 Å². The minimum absolute atomic E-state index is 0.0713. The molecule has 0 aromatic heterocycles. The van der Waals surface area contributed by atoms with Gasteiger partial charge in [-0.3, -0.25) is 4.79 Å². The second kappa shape index (κ2) is 4.00. The molecule has 0 bridgehead atoms. The largest absolute Gasteiger partial charge is 0.468 e. The summed E-state index contributed by atoms with van der Waals surface area (Å²) in [7, 11) is -2.08. The van der Waals surface area contributed by atoms with Crippen LogP contribution in [0.5, 0.6) is 0 Å². The van der Waals surface area contributed by atoms with Crippen LogP contribution < -0.4 is 0 Å². The van der Waals surface area contributed by atoms with Crippen LogP contribution in [0, 0.1) is 5.41 Å². The van der Waals surface area contributed by atoms with Crippen LogP contribution in [0.2, 0.25) is 0 Å². The van der Waals surface area contributed by atoms with Gasteiger partial charge >= 0.3 is 5.97 Å². The first-order valence-corrected chi connectivity index (χ1v) is 6.98. The number of rotatable bonds is 2. The number of carbonyl (C=O) groups excluding carboxylic acids is 1. The van der Waals surface area contributed by atoms with Crippen LogP contribution in [0.3, 0.4) is 0 Å². The molecule has 0 radical (unpaired) electrons. The Bertz CT molecular complexity index is 379. The number of hydrogen-bond acceptors (Lipinski definition) is 5. The number of carbonyl (C=O) groups is 1. The van der Waals surface area contributed by atoms with E-state index in [9.17, 15) is 18.3 Å². The average Bonchev–Trinajstić information content (AvgIpc) is 2.13. The van der Waals surface area contributed by atoms with Gasteiger partial charge in [0.2, 0.25) is 0 Å². The lowest BCUT2D eigenvalue weighted by atomic mass is 9.72. The van der Waals surface area contributed by atoms with E-state index in [0.29, 0.717) is 12.8 Å². The van der Waals surface area contributed by atoms with Gasteiger partial charge in [-0.2, -0.15) is 0 Å². The summed E-state index contributed by atoms with van der Waals surface area (Å²) in [4.78, 5) is 11.8. The third kappa shape index (κ3) is 2.22. The molecule has 0 amide bonds. The number of hydrogen-bond donors (Lipinski definition) is 1. The molecule has 1 fully saturated rings. The Morgan fingerprint density at radius 2 is 2.00 bits per heavy atom. The highest BCUT2D eigenvalue weighted by Gasteiger charge is 2.55. The Labute approximate surface area is 95.7 Å². The van der Waals surface area contributed by atoms with Crippen LogP contribution in [0.15, 0.2) is 0 Å². The SMILES string of the molecule is COC(=O)C1(C(C)(C)O)CCCS(=O)(=O)C1. The van der Waals surface area contributed by atoms with E-state index in [4.69, 9.17) is 0 Å². The average molecular weight is 250 g/mol. The van der Waals surface area contributed by atoms with E-state index in [0.717, 1.165) is 0 Å². The van der Waals surface area contributed by atoms with E-state index < -0.39 is 26.8 Å². The van der Waals surface area contributed by atoms with Gasteiger partial charge in [-0.15, -0.1) is 0 Å². The van der Waals surface area contributed by atoms with Crippen LogP contribution in [-0.2, 0) is 19.4 Å². The molecule has 1 unspecified atom stereocenters. The second-order valence-corrected chi connectivity index (χ2v) is 7.01. The lowest BCUT2D eigenvalue weighted by Crippen LogP contribution is -2.56. The Morgan fingerprint density at radius 1 is 1.44 bits per heavy atom.